The van der Waals surface area contributed by atoms with Gasteiger partial charge in [-0.2, -0.15) is 0 Å². The van der Waals surface area contributed by atoms with Crippen molar-refractivity contribution in [3.8, 4) is 0 Å². The molecule has 0 aromatic carbocycles. The Bertz CT molecular complexity index is 193. The minimum Gasteiger partial charge on any atom is -0.284 e. The molecule has 0 aromatic heterocycles. The Labute approximate surface area is 58.6 Å². The molecule has 0 saturated carbocycles. The van der Waals surface area contributed by atoms with Crippen molar-refractivity contribution in [2.45, 2.75) is 11.3 Å². The SMILES string of the molecule is C1=CC2SC=CC2N=C1. The average Bonchev–Trinajstić information content (AvgIpc) is 2.33. The highest BCUT2D eigenvalue weighted by atomic mass is 32.2. The van der Waals surface area contributed by atoms with Crippen LogP contribution in [-0.2, 0) is 0 Å². The van der Waals surface area contributed by atoms with E-state index in [-0.39, 0.29) is 0 Å². The van der Waals surface area contributed by atoms with Crippen molar-refractivity contribution in [1.29, 1.82) is 0 Å². The molecule has 9 heavy (non-hydrogen) atoms. The van der Waals surface area contributed by atoms with E-state index in [2.05, 4.69) is 22.6 Å². The summed E-state index contributed by atoms with van der Waals surface area (Å²) in [7, 11) is 0. The van der Waals surface area contributed by atoms with Crippen LogP contribution >= 0.6 is 11.8 Å². The van der Waals surface area contributed by atoms with Crippen LogP contribution in [0.3, 0.4) is 0 Å². The molecule has 2 heteroatoms. The van der Waals surface area contributed by atoms with Crippen LogP contribution < -0.4 is 0 Å². The molecule has 46 valence electrons. The summed E-state index contributed by atoms with van der Waals surface area (Å²) in [6.45, 7) is 0. The molecule has 0 fully saturated rings. The van der Waals surface area contributed by atoms with E-state index in [4.69, 9.17) is 0 Å². The van der Waals surface area contributed by atoms with Gasteiger partial charge in [0.05, 0.1) is 11.3 Å². The molecule has 0 N–H and O–H groups in total. The highest BCUT2D eigenvalue weighted by Gasteiger charge is 2.20. The third-order valence-electron chi connectivity index (χ3n) is 1.49. The predicted octanol–water partition coefficient (Wildman–Crippen LogP) is 1.62. The van der Waals surface area contributed by atoms with Gasteiger partial charge in [0.2, 0.25) is 0 Å². The monoisotopic (exact) mass is 137 g/mol. The van der Waals surface area contributed by atoms with Crippen LogP contribution in [0.25, 0.3) is 0 Å². The molecule has 2 unspecified atom stereocenters. The van der Waals surface area contributed by atoms with Gasteiger partial charge in [-0.15, -0.1) is 11.8 Å². The lowest BCUT2D eigenvalue weighted by atomic mass is 10.2. The lowest BCUT2D eigenvalue weighted by Crippen LogP contribution is -2.14. The van der Waals surface area contributed by atoms with Crippen LogP contribution in [-0.4, -0.2) is 17.5 Å². The van der Waals surface area contributed by atoms with Gasteiger partial charge in [-0.1, -0.05) is 12.2 Å². The van der Waals surface area contributed by atoms with Gasteiger partial charge in [0.15, 0.2) is 0 Å². The zero-order valence-electron chi connectivity index (χ0n) is 4.90. The largest absolute Gasteiger partial charge is 0.284 e. The van der Waals surface area contributed by atoms with Crippen LogP contribution in [0.5, 0.6) is 0 Å². The van der Waals surface area contributed by atoms with E-state index in [0.717, 1.165) is 0 Å². The number of fused-ring (bicyclic) bond motifs is 1. The first kappa shape index (κ1) is 5.30. The van der Waals surface area contributed by atoms with Crippen molar-refractivity contribution in [3.05, 3.63) is 23.6 Å². The highest BCUT2D eigenvalue weighted by molar-refractivity contribution is 8.03. The molecule has 2 rings (SSSR count). The van der Waals surface area contributed by atoms with E-state index >= 15 is 0 Å². The summed E-state index contributed by atoms with van der Waals surface area (Å²) < 4.78 is 0. The van der Waals surface area contributed by atoms with E-state index in [9.17, 15) is 0 Å². The van der Waals surface area contributed by atoms with Crippen molar-refractivity contribution in [2.24, 2.45) is 4.99 Å². The summed E-state index contributed by atoms with van der Waals surface area (Å²) in [4.78, 5) is 4.27. The van der Waals surface area contributed by atoms with E-state index in [1.165, 1.54) is 0 Å². The highest BCUT2D eigenvalue weighted by Crippen LogP contribution is 2.28. The molecule has 0 amide bonds. The molecule has 2 aliphatic heterocycles. The second-order valence-corrected chi connectivity index (χ2v) is 3.19. The Hall–Kier alpha value is -0.500. The molecule has 2 heterocycles. The summed E-state index contributed by atoms with van der Waals surface area (Å²) in [6, 6.07) is 0.431. The number of allylic oxidation sites excluding steroid dienone is 1. The van der Waals surface area contributed by atoms with E-state index in [1.54, 1.807) is 0 Å². The van der Waals surface area contributed by atoms with Crippen LogP contribution in [0.2, 0.25) is 0 Å². The van der Waals surface area contributed by atoms with Gasteiger partial charge < -0.3 is 0 Å². The fraction of sp³-hybridized carbons (Fsp3) is 0.286. The summed E-state index contributed by atoms with van der Waals surface area (Å²) in [6.07, 6.45) is 8.23. The second-order valence-electron chi connectivity index (χ2n) is 2.10. The normalized spacial score (nSPS) is 37.3. The maximum atomic E-state index is 4.27. The fourth-order valence-electron chi connectivity index (χ4n) is 1.01. The fourth-order valence-corrected chi connectivity index (χ4v) is 1.95. The maximum Gasteiger partial charge on any atom is 0.0844 e. The minimum atomic E-state index is 0.431. The quantitative estimate of drug-likeness (QED) is 0.494. The molecule has 2 aliphatic rings. The number of aliphatic imine (C=N–C) groups is 1. The van der Waals surface area contributed by atoms with Crippen LogP contribution in [0.1, 0.15) is 0 Å². The Balaban J connectivity index is 2.25. The topological polar surface area (TPSA) is 12.4 Å². The third kappa shape index (κ3) is 0.833. The zero-order chi connectivity index (χ0) is 6.10. The molecule has 0 radical (unpaired) electrons. The van der Waals surface area contributed by atoms with Gasteiger partial charge in [-0.05, 0) is 11.5 Å². The Morgan fingerprint density at radius 3 is 3.22 bits per heavy atom. The molecule has 0 saturated heterocycles. The predicted molar refractivity (Wildman–Crippen MR) is 41.9 cm³/mol. The molecule has 0 aromatic rings. The first-order valence-corrected chi connectivity index (χ1v) is 3.93. The maximum absolute atomic E-state index is 4.27. The minimum absolute atomic E-state index is 0.431. The first-order valence-electron chi connectivity index (χ1n) is 2.99. The van der Waals surface area contributed by atoms with Crippen molar-refractivity contribution < 1.29 is 0 Å². The van der Waals surface area contributed by atoms with Crippen molar-refractivity contribution in [2.75, 3.05) is 0 Å². The van der Waals surface area contributed by atoms with E-state index in [1.807, 2.05) is 24.1 Å². The summed E-state index contributed by atoms with van der Waals surface area (Å²) >= 11 is 1.85. The third-order valence-corrected chi connectivity index (χ3v) is 2.56. The van der Waals surface area contributed by atoms with E-state index < -0.39 is 0 Å². The van der Waals surface area contributed by atoms with Crippen LogP contribution in [0, 0.1) is 0 Å². The average molecular weight is 137 g/mol. The standard InChI is InChI=1S/C7H7NS/c1-2-7-6(8-4-1)3-5-9-7/h1-7H. The van der Waals surface area contributed by atoms with Gasteiger partial charge in [0.1, 0.15) is 0 Å². The van der Waals surface area contributed by atoms with Gasteiger partial charge >= 0.3 is 0 Å². The van der Waals surface area contributed by atoms with Gasteiger partial charge in [-0.3, -0.25) is 4.99 Å². The van der Waals surface area contributed by atoms with Gasteiger partial charge in [0.25, 0.3) is 0 Å². The van der Waals surface area contributed by atoms with Gasteiger partial charge in [0, 0.05) is 6.21 Å². The number of nitrogens with zero attached hydrogens (tertiary/aromatic N) is 1. The lowest BCUT2D eigenvalue weighted by molar-refractivity contribution is 0.863. The molecule has 0 aliphatic carbocycles. The number of hydrogen-bond acceptors (Lipinski definition) is 2. The van der Waals surface area contributed by atoms with Crippen LogP contribution in [0.15, 0.2) is 28.6 Å². The molecular formula is C7H7NS. The van der Waals surface area contributed by atoms with E-state index in [0.29, 0.717) is 11.3 Å². The van der Waals surface area contributed by atoms with Crippen molar-refractivity contribution in [1.82, 2.24) is 0 Å². The Kier molecular flexibility index (Phi) is 1.19. The van der Waals surface area contributed by atoms with Crippen molar-refractivity contribution in [3.63, 3.8) is 0 Å². The lowest BCUT2D eigenvalue weighted by Gasteiger charge is -2.11. The Morgan fingerprint density at radius 1 is 1.33 bits per heavy atom. The Morgan fingerprint density at radius 2 is 2.33 bits per heavy atom. The zero-order valence-corrected chi connectivity index (χ0v) is 5.71. The molecule has 2 atom stereocenters. The van der Waals surface area contributed by atoms with Crippen molar-refractivity contribution >= 4 is 18.0 Å². The van der Waals surface area contributed by atoms with Gasteiger partial charge in [-0.25, -0.2) is 0 Å². The molecule has 1 nitrogen and oxygen atoms in total. The first-order chi connectivity index (χ1) is 4.47. The van der Waals surface area contributed by atoms with Crippen LogP contribution in [0.4, 0.5) is 0 Å². The second kappa shape index (κ2) is 2.03. The number of thioether (sulfide) groups is 1. The summed E-state index contributed by atoms with van der Waals surface area (Å²) in [5, 5.41) is 2.72. The molecule has 0 bridgehead atoms. The smallest absolute Gasteiger partial charge is 0.0844 e. The number of rotatable bonds is 0. The summed E-state index contributed by atoms with van der Waals surface area (Å²) in [5.41, 5.74) is 0. The number of hydrogen-bond donors (Lipinski definition) is 0. The number of dihydropyridines is 1. The molecule has 0 spiro atoms. The molecular weight excluding hydrogens is 130 g/mol. The summed E-state index contributed by atoms with van der Waals surface area (Å²) in [5.74, 6) is 0.